The van der Waals surface area contributed by atoms with Gasteiger partial charge >= 0.3 is 11.9 Å². The number of hydrogen-bond acceptors (Lipinski definition) is 5. The summed E-state index contributed by atoms with van der Waals surface area (Å²) in [5.41, 5.74) is 0.206. The van der Waals surface area contributed by atoms with Crippen LogP contribution in [-0.4, -0.2) is 29.1 Å². The van der Waals surface area contributed by atoms with E-state index in [2.05, 4.69) is 9.72 Å². The first kappa shape index (κ1) is 13.6. The Morgan fingerprint density at radius 2 is 1.95 bits per heavy atom. The number of carbonyl (C=O) groups is 2. The lowest BCUT2D eigenvalue weighted by Crippen LogP contribution is -2.20. The van der Waals surface area contributed by atoms with Gasteiger partial charge in [0.1, 0.15) is 5.76 Å². The zero-order valence-electron chi connectivity index (χ0n) is 11.0. The molecule has 1 heterocycles. The Bertz CT molecular complexity index is 485. The van der Waals surface area contributed by atoms with E-state index >= 15 is 0 Å². The minimum absolute atomic E-state index is 0.0905. The molecule has 6 nitrogen and oxygen atoms in total. The zero-order valence-corrected chi connectivity index (χ0v) is 11.0. The molecule has 0 radical (unpaired) electrons. The maximum Gasteiger partial charge on any atom is 0.360 e. The largest absolute Gasteiger partial charge is 0.481 e. The second kappa shape index (κ2) is 5.42. The van der Waals surface area contributed by atoms with Gasteiger partial charge in [0, 0.05) is 5.92 Å². The summed E-state index contributed by atoms with van der Waals surface area (Å²) in [7, 11) is 1.30. The highest BCUT2D eigenvalue weighted by Crippen LogP contribution is 2.36. The average Bonchev–Trinajstić information content (AvgIpc) is 2.80. The van der Waals surface area contributed by atoms with Crippen LogP contribution in [0.15, 0.2) is 4.42 Å². The Morgan fingerprint density at radius 3 is 2.47 bits per heavy atom. The van der Waals surface area contributed by atoms with Crippen molar-refractivity contribution < 1.29 is 23.8 Å². The molecule has 0 unspecified atom stereocenters. The van der Waals surface area contributed by atoms with Crippen LogP contribution in [-0.2, 0) is 9.53 Å². The van der Waals surface area contributed by atoms with Crippen molar-refractivity contribution >= 4 is 11.9 Å². The summed E-state index contributed by atoms with van der Waals surface area (Å²) < 4.78 is 10.1. The molecule has 0 spiro atoms. The molecule has 0 amide bonds. The Hall–Kier alpha value is -1.85. The summed E-state index contributed by atoms with van der Waals surface area (Å²) in [5.74, 6) is -0.465. The fourth-order valence-corrected chi connectivity index (χ4v) is 2.46. The van der Waals surface area contributed by atoms with Crippen molar-refractivity contribution in [2.24, 2.45) is 5.92 Å². The first-order valence-electron chi connectivity index (χ1n) is 6.31. The van der Waals surface area contributed by atoms with E-state index in [4.69, 9.17) is 9.52 Å². The molecule has 0 aromatic carbocycles. The molecule has 104 valence electrons. The predicted octanol–water partition coefficient (Wildman–Crippen LogP) is 2.13. The summed E-state index contributed by atoms with van der Waals surface area (Å²) in [4.78, 5) is 26.5. The SMILES string of the molecule is COC(=O)c1nc(C2CCC(C(=O)O)CC2)oc1C. The number of ether oxygens (including phenoxy) is 1. The van der Waals surface area contributed by atoms with E-state index in [0.717, 1.165) is 12.8 Å². The van der Waals surface area contributed by atoms with Crippen molar-refractivity contribution in [1.29, 1.82) is 0 Å². The fourth-order valence-electron chi connectivity index (χ4n) is 2.46. The van der Waals surface area contributed by atoms with Crippen LogP contribution in [0.25, 0.3) is 0 Å². The molecule has 1 aromatic heterocycles. The summed E-state index contributed by atoms with van der Waals surface area (Å²) >= 11 is 0. The highest BCUT2D eigenvalue weighted by atomic mass is 16.5. The molecule has 1 aliphatic rings. The van der Waals surface area contributed by atoms with Crippen molar-refractivity contribution in [3.05, 3.63) is 17.3 Å². The molecule has 1 aliphatic carbocycles. The van der Waals surface area contributed by atoms with Crippen LogP contribution in [0.3, 0.4) is 0 Å². The number of hydrogen-bond donors (Lipinski definition) is 1. The summed E-state index contributed by atoms with van der Waals surface area (Å²) in [6.45, 7) is 1.67. The van der Waals surface area contributed by atoms with Gasteiger partial charge in [0.05, 0.1) is 13.0 Å². The Balaban J connectivity index is 2.08. The van der Waals surface area contributed by atoms with Crippen LogP contribution >= 0.6 is 0 Å². The van der Waals surface area contributed by atoms with Crippen molar-refractivity contribution in [2.45, 2.75) is 38.5 Å². The number of aliphatic carboxylic acids is 1. The smallest absolute Gasteiger partial charge is 0.360 e. The van der Waals surface area contributed by atoms with E-state index in [0.29, 0.717) is 24.5 Å². The van der Waals surface area contributed by atoms with Gasteiger partial charge in [-0.15, -0.1) is 0 Å². The molecule has 19 heavy (non-hydrogen) atoms. The lowest BCUT2D eigenvalue weighted by atomic mass is 9.82. The third-order valence-electron chi connectivity index (χ3n) is 3.62. The third kappa shape index (κ3) is 2.77. The van der Waals surface area contributed by atoms with Gasteiger partial charge in [-0.1, -0.05) is 0 Å². The number of aryl methyl sites for hydroxylation is 1. The number of carbonyl (C=O) groups excluding carboxylic acids is 1. The van der Waals surface area contributed by atoms with Crippen molar-refractivity contribution in [2.75, 3.05) is 7.11 Å². The van der Waals surface area contributed by atoms with Crippen LogP contribution in [0.5, 0.6) is 0 Å². The molecule has 0 bridgehead atoms. The summed E-state index contributed by atoms with van der Waals surface area (Å²) in [5, 5.41) is 8.95. The Kier molecular flexibility index (Phi) is 3.87. The normalized spacial score (nSPS) is 23.1. The van der Waals surface area contributed by atoms with Gasteiger partial charge in [-0.25, -0.2) is 9.78 Å². The molecule has 1 saturated carbocycles. The fraction of sp³-hybridized carbons (Fsp3) is 0.615. The lowest BCUT2D eigenvalue weighted by molar-refractivity contribution is -0.142. The molecule has 0 atom stereocenters. The predicted molar refractivity (Wildman–Crippen MR) is 64.9 cm³/mol. The highest BCUT2D eigenvalue weighted by molar-refractivity contribution is 5.88. The number of nitrogens with zero attached hydrogens (tertiary/aromatic N) is 1. The first-order valence-corrected chi connectivity index (χ1v) is 6.31. The van der Waals surface area contributed by atoms with Gasteiger partial charge in [0.15, 0.2) is 11.6 Å². The van der Waals surface area contributed by atoms with Crippen LogP contribution in [0.4, 0.5) is 0 Å². The maximum atomic E-state index is 11.4. The third-order valence-corrected chi connectivity index (χ3v) is 3.62. The Labute approximate surface area is 110 Å². The molecule has 1 aromatic rings. The number of oxazole rings is 1. The number of esters is 1. The Morgan fingerprint density at radius 1 is 1.32 bits per heavy atom. The molecular weight excluding hydrogens is 250 g/mol. The van der Waals surface area contributed by atoms with E-state index in [-0.39, 0.29) is 17.5 Å². The molecule has 1 fully saturated rings. The van der Waals surface area contributed by atoms with E-state index in [9.17, 15) is 9.59 Å². The quantitative estimate of drug-likeness (QED) is 0.844. The summed E-state index contributed by atoms with van der Waals surface area (Å²) in [6, 6.07) is 0. The van der Waals surface area contributed by atoms with Crippen LogP contribution in [0.2, 0.25) is 0 Å². The highest BCUT2D eigenvalue weighted by Gasteiger charge is 2.30. The van der Waals surface area contributed by atoms with Crippen molar-refractivity contribution in [3.8, 4) is 0 Å². The van der Waals surface area contributed by atoms with E-state index in [1.807, 2.05) is 0 Å². The van der Waals surface area contributed by atoms with Crippen LogP contribution in [0, 0.1) is 12.8 Å². The minimum Gasteiger partial charge on any atom is -0.481 e. The summed E-state index contributed by atoms with van der Waals surface area (Å²) in [6.07, 6.45) is 2.68. The molecule has 0 saturated heterocycles. The standard InChI is InChI=1S/C13H17NO5/c1-7-10(13(17)18-2)14-11(19-7)8-3-5-9(6-4-8)12(15)16/h8-9H,3-6H2,1-2H3,(H,15,16). The van der Waals surface area contributed by atoms with Crippen molar-refractivity contribution in [1.82, 2.24) is 4.98 Å². The van der Waals surface area contributed by atoms with E-state index < -0.39 is 11.9 Å². The monoisotopic (exact) mass is 267 g/mol. The number of carboxylic acids is 1. The topological polar surface area (TPSA) is 89.6 Å². The number of rotatable bonds is 3. The zero-order chi connectivity index (χ0) is 14.0. The van der Waals surface area contributed by atoms with E-state index in [1.54, 1.807) is 6.92 Å². The maximum absolute atomic E-state index is 11.4. The lowest BCUT2D eigenvalue weighted by Gasteiger charge is -2.23. The average molecular weight is 267 g/mol. The second-order valence-corrected chi connectivity index (χ2v) is 4.84. The molecule has 2 rings (SSSR count). The van der Waals surface area contributed by atoms with Gasteiger partial charge in [-0.2, -0.15) is 0 Å². The number of methoxy groups -OCH3 is 1. The van der Waals surface area contributed by atoms with Crippen molar-refractivity contribution in [3.63, 3.8) is 0 Å². The van der Waals surface area contributed by atoms with Crippen LogP contribution in [0.1, 0.15) is 53.7 Å². The molecular formula is C13H17NO5. The van der Waals surface area contributed by atoms with Gasteiger partial charge in [0.2, 0.25) is 0 Å². The van der Waals surface area contributed by atoms with Gasteiger partial charge in [-0.05, 0) is 32.6 Å². The molecule has 0 aliphatic heterocycles. The molecule has 1 N–H and O–H groups in total. The van der Waals surface area contributed by atoms with Gasteiger partial charge in [0.25, 0.3) is 0 Å². The first-order chi connectivity index (χ1) is 9.02. The van der Waals surface area contributed by atoms with E-state index in [1.165, 1.54) is 7.11 Å². The molecule has 6 heteroatoms. The number of carboxylic acid groups (broad SMARTS) is 1. The second-order valence-electron chi connectivity index (χ2n) is 4.84. The van der Waals surface area contributed by atoms with Crippen LogP contribution < -0.4 is 0 Å². The minimum atomic E-state index is -0.739. The van der Waals surface area contributed by atoms with Gasteiger partial charge in [-0.3, -0.25) is 4.79 Å². The number of aromatic nitrogens is 1. The van der Waals surface area contributed by atoms with Gasteiger partial charge < -0.3 is 14.3 Å².